The minimum Gasteiger partial charge on any atom is -0.338 e. The van der Waals surface area contributed by atoms with Crippen molar-refractivity contribution in [1.82, 2.24) is 24.7 Å². The van der Waals surface area contributed by atoms with E-state index in [1.165, 1.54) is 22.9 Å². The third-order valence-electron chi connectivity index (χ3n) is 4.95. The zero-order valence-corrected chi connectivity index (χ0v) is 17.5. The maximum absolute atomic E-state index is 12.6. The summed E-state index contributed by atoms with van der Waals surface area (Å²) in [7, 11) is 0. The highest BCUT2D eigenvalue weighted by molar-refractivity contribution is 7.99. The molecule has 3 amide bonds. The van der Waals surface area contributed by atoms with E-state index in [-0.39, 0.29) is 11.9 Å². The first kappa shape index (κ1) is 20.3. The summed E-state index contributed by atoms with van der Waals surface area (Å²) in [5.41, 5.74) is 3.52. The minimum atomic E-state index is -0.0561. The van der Waals surface area contributed by atoms with Gasteiger partial charge in [0.05, 0.1) is 5.75 Å². The van der Waals surface area contributed by atoms with Gasteiger partial charge < -0.3 is 15.1 Å². The number of nitrogens with zero attached hydrogens (tertiary/aromatic N) is 4. The Morgan fingerprint density at radius 1 is 1.11 bits per heavy atom. The highest BCUT2D eigenvalue weighted by atomic mass is 32.2. The van der Waals surface area contributed by atoms with Gasteiger partial charge in [-0.05, 0) is 44.0 Å². The zero-order chi connectivity index (χ0) is 20.1. The number of thioether (sulfide) groups is 1. The molecule has 1 fully saturated rings. The second-order valence-electron chi connectivity index (χ2n) is 6.84. The Bertz CT molecular complexity index is 843. The first-order valence-corrected chi connectivity index (χ1v) is 10.5. The molecule has 0 spiro atoms. The fraction of sp³-hybridized carbons (Fsp3) is 0.450. The fourth-order valence-corrected chi connectivity index (χ4v) is 3.98. The van der Waals surface area contributed by atoms with Gasteiger partial charge in [-0.1, -0.05) is 17.8 Å². The standard InChI is InChI=1S/C20H27N5O2S/c1-4-21-19(27)24-11-9-23(10-12-24)18(26)14-28-20-22-7-8-25(20)17-6-5-15(2)16(3)13-17/h5-8,13H,4,9-12,14H2,1-3H3,(H,21,27). The quantitative estimate of drug-likeness (QED) is 0.782. The molecule has 7 nitrogen and oxygen atoms in total. The van der Waals surface area contributed by atoms with E-state index in [4.69, 9.17) is 0 Å². The normalized spacial score (nSPS) is 14.2. The number of hydrogen-bond donors (Lipinski definition) is 1. The Balaban J connectivity index is 1.55. The molecule has 8 heteroatoms. The van der Waals surface area contributed by atoms with Crippen LogP contribution in [0.1, 0.15) is 18.1 Å². The molecule has 2 aromatic rings. The summed E-state index contributed by atoms with van der Waals surface area (Å²) in [6.07, 6.45) is 3.68. The number of benzene rings is 1. The van der Waals surface area contributed by atoms with E-state index >= 15 is 0 Å². The summed E-state index contributed by atoms with van der Waals surface area (Å²) in [6.45, 7) is 8.97. The number of aryl methyl sites for hydroxylation is 2. The molecule has 1 aromatic heterocycles. The molecular formula is C20H27N5O2S. The topological polar surface area (TPSA) is 70.5 Å². The first-order valence-electron chi connectivity index (χ1n) is 9.54. The van der Waals surface area contributed by atoms with E-state index in [0.29, 0.717) is 38.5 Å². The number of piperazine rings is 1. The van der Waals surface area contributed by atoms with Crippen molar-refractivity contribution < 1.29 is 9.59 Å². The lowest BCUT2D eigenvalue weighted by molar-refractivity contribution is -0.129. The molecule has 0 unspecified atom stereocenters. The van der Waals surface area contributed by atoms with Crippen molar-refractivity contribution in [2.24, 2.45) is 0 Å². The third kappa shape index (κ3) is 4.67. The van der Waals surface area contributed by atoms with Gasteiger partial charge in [-0.25, -0.2) is 9.78 Å². The van der Waals surface area contributed by atoms with Gasteiger partial charge in [0.15, 0.2) is 5.16 Å². The van der Waals surface area contributed by atoms with Crippen molar-refractivity contribution in [1.29, 1.82) is 0 Å². The number of amides is 3. The fourth-order valence-electron chi connectivity index (χ4n) is 3.11. The van der Waals surface area contributed by atoms with Crippen LogP contribution in [0.15, 0.2) is 35.7 Å². The van der Waals surface area contributed by atoms with Crippen LogP contribution in [-0.4, -0.2) is 69.8 Å². The molecule has 150 valence electrons. The lowest BCUT2D eigenvalue weighted by atomic mass is 10.1. The summed E-state index contributed by atoms with van der Waals surface area (Å²) >= 11 is 1.44. The van der Waals surface area contributed by atoms with Crippen molar-refractivity contribution in [3.63, 3.8) is 0 Å². The Hall–Kier alpha value is -2.48. The second kappa shape index (κ2) is 9.14. The van der Waals surface area contributed by atoms with Gasteiger partial charge >= 0.3 is 6.03 Å². The number of urea groups is 1. The van der Waals surface area contributed by atoms with Crippen LogP contribution in [0.5, 0.6) is 0 Å². The van der Waals surface area contributed by atoms with Gasteiger partial charge in [0.25, 0.3) is 0 Å². The highest BCUT2D eigenvalue weighted by Crippen LogP contribution is 2.22. The van der Waals surface area contributed by atoms with Crippen LogP contribution in [0.2, 0.25) is 0 Å². The maximum atomic E-state index is 12.6. The average Bonchev–Trinajstić information content (AvgIpc) is 3.17. The summed E-state index contributed by atoms with van der Waals surface area (Å²) in [5, 5.41) is 3.60. The summed E-state index contributed by atoms with van der Waals surface area (Å²) in [4.78, 5) is 32.5. The predicted molar refractivity (Wildman–Crippen MR) is 111 cm³/mol. The Kier molecular flexibility index (Phi) is 6.61. The van der Waals surface area contributed by atoms with Gasteiger partial charge in [-0.2, -0.15) is 0 Å². The molecule has 2 heterocycles. The lowest BCUT2D eigenvalue weighted by Crippen LogP contribution is -2.53. The van der Waals surface area contributed by atoms with Crippen LogP contribution >= 0.6 is 11.8 Å². The van der Waals surface area contributed by atoms with Gasteiger partial charge in [0, 0.05) is 50.8 Å². The summed E-state index contributed by atoms with van der Waals surface area (Å²) < 4.78 is 2.01. The van der Waals surface area contributed by atoms with Crippen molar-refractivity contribution in [2.75, 3.05) is 38.5 Å². The highest BCUT2D eigenvalue weighted by Gasteiger charge is 2.24. The van der Waals surface area contributed by atoms with Crippen molar-refractivity contribution in [2.45, 2.75) is 25.9 Å². The van der Waals surface area contributed by atoms with Crippen LogP contribution in [0.4, 0.5) is 4.79 Å². The molecule has 0 radical (unpaired) electrons. The summed E-state index contributed by atoms with van der Waals surface area (Å²) in [5.74, 6) is 0.415. The molecular weight excluding hydrogens is 374 g/mol. The first-order chi connectivity index (χ1) is 13.5. The van der Waals surface area contributed by atoms with Gasteiger partial charge in [-0.3, -0.25) is 9.36 Å². The molecule has 1 saturated heterocycles. The van der Waals surface area contributed by atoms with Crippen LogP contribution in [0.3, 0.4) is 0 Å². The molecule has 28 heavy (non-hydrogen) atoms. The third-order valence-corrected chi connectivity index (χ3v) is 5.90. The number of hydrogen-bond acceptors (Lipinski definition) is 4. The lowest BCUT2D eigenvalue weighted by Gasteiger charge is -2.34. The zero-order valence-electron chi connectivity index (χ0n) is 16.6. The van der Waals surface area contributed by atoms with E-state index in [1.807, 2.05) is 22.6 Å². The molecule has 0 aliphatic carbocycles. The Morgan fingerprint density at radius 3 is 2.50 bits per heavy atom. The predicted octanol–water partition coefficient (Wildman–Crippen LogP) is 2.45. The molecule has 1 aliphatic heterocycles. The van der Waals surface area contributed by atoms with Crippen molar-refractivity contribution in [3.8, 4) is 5.69 Å². The smallest absolute Gasteiger partial charge is 0.317 e. The van der Waals surface area contributed by atoms with Gasteiger partial charge in [0.1, 0.15) is 0 Å². The Labute approximate surface area is 170 Å². The summed E-state index contributed by atoms with van der Waals surface area (Å²) in [6, 6.07) is 6.23. The monoisotopic (exact) mass is 401 g/mol. The maximum Gasteiger partial charge on any atom is 0.317 e. The molecule has 0 atom stereocenters. The SMILES string of the molecule is CCNC(=O)N1CCN(C(=O)CSc2nccn2-c2ccc(C)c(C)c2)CC1. The van der Waals surface area contributed by atoms with E-state index in [9.17, 15) is 9.59 Å². The average molecular weight is 402 g/mol. The molecule has 1 aliphatic rings. The molecule has 3 rings (SSSR count). The molecule has 0 saturated carbocycles. The van der Waals surface area contributed by atoms with Crippen molar-refractivity contribution in [3.05, 3.63) is 41.7 Å². The van der Waals surface area contributed by atoms with Crippen LogP contribution in [0.25, 0.3) is 5.69 Å². The number of aromatic nitrogens is 2. The van der Waals surface area contributed by atoms with E-state index in [0.717, 1.165) is 10.8 Å². The second-order valence-corrected chi connectivity index (χ2v) is 7.78. The van der Waals surface area contributed by atoms with E-state index in [1.54, 1.807) is 11.1 Å². The molecule has 0 bridgehead atoms. The minimum absolute atomic E-state index is 0.0561. The van der Waals surface area contributed by atoms with Crippen LogP contribution < -0.4 is 5.32 Å². The number of carbonyl (C=O) groups is 2. The number of rotatable bonds is 5. The van der Waals surface area contributed by atoms with Crippen LogP contribution in [-0.2, 0) is 4.79 Å². The Morgan fingerprint density at radius 2 is 1.82 bits per heavy atom. The molecule has 1 N–H and O–H groups in total. The van der Waals surface area contributed by atoms with Crippen LogP contribution in [0, 0.1) is 13.8 Å². The van der Waals surface area contributed by atoms with E-state index < -0.39 is 0 Å². The number of imidazole rings is 1. The van der Waals surface area contributed by atoms with Gasteiger partial charge in [-0.15, -0.1) is 0 Å². The number of carbonyl (C=O) groups excluding carboxylic acids is 2. The number of nitrogens with one attached hydrogen (secondary N) is 1. The molecule has 1 aromatic carbocycles. The van der Waals surface area contributed by atoms with E-state index in [2.05, 4.69) is 42.3 Å². The van der Waals surface area contributed by atoms with Crippen molar-refractivity contribution >= 4 is 23.7 Å². The largest absolute Gasteiger partial charge is 0.338 e. The van der Waals surface area contributed by atoms with Gasteiger partial charge in [0.2, 0.25) is 5.91 Å².